The van der Waals surface area contributed by atoms with Crippen LogP contribution in [0.3, 0.4) is 0 Å². The summed E-state index contributed by atoms with van der Waals surface area (Å²) in [5.41, 5.74) is 1.66. The first-order valence-electron chi connectivity index (χ1n) is 7.36. The lowest BCUT2D eigenvalue weighted by Gasteiger charge is -2.20. The molecule has 6 heteroatoms. The maximum atomic E-state index is 12.8. The summed E-state index contributed by atoms with van der Waals surface area (Å²) in [5, 5.41) is 0. The molecule has 1 aromatic carbocycles. The van der Waals surface area contributed by atoms with E-state index in [1.807, 2.05) is 12.1 Å². The molecule has 0 aliphatic heterocycles. The first-order valence-corrected chi connectivity index (χ1v) is 7.36. The van der Waals surface area contributed by atoms with Crippen LogP contribution in [0.5, 0.6) is 0 Å². The van der Waals surface area contributed by atoms with Crippen LogP contribution < -0.4 is 0 Å². The number of halogens is 2. The van der Waals surface area contributed by atoms with Gasteiger partial charge in [0, 0.05) is 25.0 Å². The van der Waals surface area contributed by atoms with Crippen molar-refractivity contribution in [3.63, 3.8) is 0 Å². The van der Waals surface area contributed by atoms with E-state index in [9.17, 15) is 13.6 Å². The van der Waals surface area contributed by atoms with Crippen molar-refractivity contribution >= 4 is 5.91 Å². The second kappa shape index (κ2) is 6.48. The van der Waals surface area contributed by atoms with E-state index in [1.165, 1.54) is 17.3 Å². The van der Waals surface area contributed by atoms with E-state index in [0.717, 1.165) is 10.1 Å². The van der Waals surface area contributed by atoms with Crippen LogP contribution in [0.1, 0.15) is 49.1 Å². The molecule has 2 rings (SSSR count). The molecule has 0 unspecified atom stereocenters. The van der Waals surface area contributed by atoms with Crippen molar-refractivity contribution in [2.45, 2.75) is 39.3 Å². The second-order valence-electron chi connectivity index (χ2n) is 6.52. The van der Waals surface area contributed by atoms with E-state index in [1.54, 1.807) is 19.2 Å². The predicted octanol–water partition coefficient (Wildman–Crippen LogP) is 3.85. The van der Waals surface area contributed by atoms with Gasteiger partial charge in [-0.05, 0) is 23.1 Å². The van der Waals surface area contributed by atoms with Crippen molar-refractivity contribution in [3.8, 4) is 0 Å². The Kier molecular flexibility index (Phi) is 4.82. The maximum absolute atomic E-state index is 12.8. The van der Waals surface area contributed by atoms with Gasteiger partial charge in [0.15, 0.2) is 0 Å². The maximum Gasteiger partial charge on any atom is 0.319 e. The molecule has 1 amide bonds. The number of nitrogens with zero attached hydrogens (tertiary/aromatic N) is 3. The van der Waals surface area contributed by atoms with Crippen molar-refractivity contribution in [3.05, 3.63) is 53.6 Å². The van der Waals surface area contributed by atoms with Crippen molar-refractivity contribution in [2.75, 3.05) is 7.05 Å². The smallest absolute Gasteiger partial charge is 0.319 e. The van der Waals surface area contributed by atoms with Crippen molar-refractivity contribution in [1.29, 1.82) is 0 Å². The molecular formula is C17H21F2N3O. The van der Waals surface area contributed by atoms with Gasteiger partial charge >= 0.3 is 6.55 Å². The number of amides is 1. The molecule has 1 heterocycles. The quantitative estimate of drug-likeness (QED) is 0.858. The Labute approximate surface area is 134 Å². The van der Waals surface area contributed by atoms with E-state index < -0.39 is 6.55 Å². The van der Waals surface area contributed by atoms with Gasteiger partial charge in [0.1, 0.15) is 5.82 Å². The zero-order chi connectivity index (χ0) is 17.2. The number of benzene rings is 1. The Hall–Kier alpha value is -2.24. The highest BCUT2D eigenvalue weighted by Crippen LogP contribution is 2.22. The van der Waals surface area contributed by atoms with Gasteiger partial charge < -0.3 is 4.90 Å². The second-order valence-corrected chi connectivity index (χ2v) is 6.52. The summed E-state index contributed by atoms with van der Waals surface area (Å²) in [6.07, 6.45) is 2.51. The van der Waals surface area contributed by atoms with E-state index in [-0.39, 0.29) is 23.7 Å². The van der Waals surface area contributed by atoms with Gasteiger partial charge in [0.05, 0.1) is 6.54 Å². The Balaban J connectivity index is 2.12. The molecule has 0 radical (unpaired) electrons. The third-order valence-corrected chi connectivity index (χ3v) is 3.68. The van der Waals surface area contributed by atoms with Crippen LogP contribution in [0.2, 0.25) is 0 Å². The van der Waals surface area contributed by atoms with E-state index in [2.05, 4.69) is 25.8 Å². The highest BCUT2D eigenvalue weighted by molar-refractivity contribution is 5.94. The first kappa shape index (κ1) is 17.1. The van der Waals surface area contributed by atoms with Gasteiger partial charge in [-0.2, -0.15) is 8.78 Å². The summed E-state index contributed by atoms with van der Waals surface area (Å²) < 4.78 is 26.4. The van der Waals surface area contributed by atoms with Crippen LogP contribution in [0.15, 0.2) is 36.7 Å². The zero-order valence-electron chi connectivity index (χ0n) is 13.8. The lowest BCUT2D eigenvalue weighted by atomic mass is 9.86. The number of alkyl halides is 2. The number of imidazole rings is 1. The van der Waals surface area contributed by atoms with E-state index in [4.69, 9.17) is 0 Å². The minimum atomic E-state index is -2.66. The van der Waals surface area contributed by atoms with Gasteiger partial charge in [0.2, 0.25) is 0 Å². The Bertz CT molecular complexity index is 672. The third-order valence-electron chi connectivity index (χ3n) is 3.68. The Morgan fingerprint density at radius 1 is 1.26 bits per heavy atom. The summed E-state index contributed by atoms with van der Waals surface area (Å²) in [5.74, 6) is -0.0727. The monoisotopic (exact) mass is 321 g/mol. The largest absolute Gasteiger partial charge is 0.334 e. The fourth-order valence-corrected chi connectivity index (χ4v) is 2.26. The van der Waals surface area contributed by atoms with Gasteiger partial charge in [-0.1, -0.05) is 32.9 Å². The molecule has 4 nitrogen and oxygen atoms in total. The average molecular weight is 321 g/mol. The molecule has 23 heavy (non-hydrogen) atoms. The average Bonchev–Trinajstić information content (AvgIpc) is 2.94. The number of carbonyl (C=O) groups excluding carboxylic acids is 1. The van der Waals surface area contributed by atoms with Crippen LogP contribution in [-0.2, 0) is 12.0 Å². The topological polar surface area (TPSA) is 38.1 Å². The van der Waals surface area contributed by atoms with Crippen molar-refractivity contribution in [1.82, 2.24) is 14.5 Å². The molecule has 0 aliphatic rings. The summed E-state index contributed by atoms with van der Waals surface area (Å²) in [6.45, 7) is 3.65. The highest BCUT2D eigenvalue weighted by atomic mass is 19.3. The molecule has 0 N–H and O–H groups in total. The zero-order valence-corrected chi connectivity index (χ0v) is 13.8. The minimum Gasteiger partial charge on any atom is -0.334 e. The van der Waals surface area contributed by atoms with Crippen LogP contribution in [0.4, 0.5) is 8.78 Å². The third kappa shape index (κ3) is 3.94. The molecule has 0 bridgehead atoms. The lowest BCUT2D eigenvalue weighted by molar-refractivity contribution is 0.0612. The molecule has 0 atom stereocenters. The fraction of sp³-hybridized carbons (Fsp3) is 0.412. The van der Waals surface area contributed by atoms with Gasteiger partial charge in [0.25, 0.3) is 5.91 Å². The molecule has 0 saturated heterocycles. The van der Waals surface area contributed by atoms with Gasteiger partial charge in [-0.3, -0.25) is 9.36 Å². The predicted molar refractivity (Wildman–Crippen MR) is 84.4 cm³/mol. The normalized spacial score (nSPS) is 11.8. The van der Waals surface area contributed by atoms with Crippen LogP contribution in [0, 0.1) is 0 Å². The fourth-order valence-electron chi connectivity index (χ4n) is 2.26. The molecule has 0 spiro atoms. The summed E-state index contributed by atoms with van der Waals surface area (Å²) in [4.78, 5) is 17.7. The van der Waals surface area contributed by atoms with Crippen LogP contribution >= 0.6 is 0 Å². The van der Waals surface area contributed by atoms with E-state index >= 15 is 0 Å². The van der Waals surface area contributed by atoms with Gasteiger partial charge in [-0.15, -0.1) is 0 Å². The number of hydrogen-bond donors (Lipinski definition) is 0. The number of carbonyl (C=O) groups is 1. The van der Waals surface area contributed by atoms with Crippen molar-refractivity contribution < 1.29 is 13.6 Å². The molecule has 0 aliphatic carbocycles. The number of aromatic nitrogens is 2. The molecule has 1 aromatic heterocycles. The summed E-state index contributed by atoms with van der Waals surface area (Å²) >= 11 is 0. The molecule has 0 saturated carbocycles. The summed E-state index contributed by atoms with van der Waals surface area (Å²) in [6, 6.07) is 7.36. The molecule has 0 fully saturated rings. The molecule has 2 aromatic rings. The standard InChI is InChI=1S/C17H21F2N3O/c1-17(2,3)13-7-5-12(6-8-13)15(23)21(4)11-14-20-9-10-22(14)16(18)19/h5-10,16H,11H2,1-4H3. The first-order chi connectivity index (χ1) is 10.7. The number of hydrogen-bond acceptors (Lipinski definition) is 2. The SMILES string of the molecule is CN(Cc1nccn1C(F)F)C(=O)c1ccc(C(C)(C)C)cc1. The summed E-state index contributed by atoms with van der Waals surface area (Å²) in [7, 11) is 1.57. The molecule has 124 valence electrons. The van der Waals surface area contributed by atoms with E-state index in [0.29, 0.717) is 5.56 Å². The van der Waals surface area contributed by atoms with Crippen molar-refractivity contribution in [2.24, 2.45) is 0 Å². The molecular weight excluding hydrogens is 300 g/mol. The Morgan fingerprint density at radius 3 is 2.39 bits per heavy atom. The minimum absolute atomic E-state index is 0.00942. The highest BCUT2D eigenvalue weighted by Gasteiger charge is 2.18. The lowest BCUT2D eigenvalue weighted by Crippen LogP contribution is -2.28. The van der Waals surface area contributed by atoms with Crippen LogP contribution in [-0.4, -0.2) is 27.4 Å². The number of rotatable bonds is 4. The van der Waals surface area contributed by atoms with Crippen LogP contribution in [0.25, 0.3) is 0 Å². The Morgan fingerprint density at radius 2 is 1.87 bits per heavy atom. The van der Waals surface area contributed by atoms with Gasteiger partial charge in [-0.25, -0.2) is 4.98 Å².